The lowest BCUT2D eigenvalue weighted by Gasteiger charge is -2.66. The van der Waals surface area contributed by atoms with E-state index in [9.17, 15) is 0 Å². The molecule has 0 aromatic carbocycles. The SMILES string of the molecule is C[S+]1C(C)(C)C(C)(C)C(C)(C)C(C)(C)C1(C)C. The molecule has 0 nitrogen and oxygen atoms in total. The van der Waals surface area contributed by atoms with Gasteiger partial charge in [-0.2, -0.15) is 0 Å². The Kier molecular flexibility index (Phi) is 3.14. The summed E-state index contributed by atoms with van der Waals surface area (Å²) in [4.78, 5) is 0. The van der Waals surface area contributed by atoms with Crippen LogP contribution in [-0.2, 0) is 10.9 Å². The van der Waals surface area contributed by atoms with Gasteiger partial charge < -0.3 is 0 Å². The molecule has 1 rings (SSSR count). The summed E-state index contributed by atoms with van der Waals surface area (Å²) in [6.45, 7) is 24.8. The predicted molar refractivity (Wildman–Crippen MR) is 82.8 cm³/mol. The monoisotopic (exact) mass is 257 g/mol. The molecular formula is C16H33S+. The molecule has 0 aromatic heterocycles. The van der Waals surface area contributed by atoms with Crippen molar-refractivity contribution in [2.45, 2.75) is 78.7 Å². The fourth-order valence-electron chi connectivity index (χ4n) is 3.69. The quantitative estimate of drug-likeness (QED) is 0.542. The van der Waals surface area contributed by atoms with Gasteiger partial charge in [-0.3, -0.25) is 0 Å². The average molecular weight is 258 g/mol. The molecule has 0 unspecified atom stereocenters. The fourth-order valence-corrected chi connectivity index (χ4v) is 7.01. The summed E-state index contributed by atoms with van der Waals surface area (Å²) in [5, 5.41) is 0. The van der Waals surface area contributed by atoms with Crippen molar-refractivity contribution in [2.75, 3.05) is 6.26 Å². The summed E-state index contributed by atoms with van der Waals surface area (Å²) in [6, 6.07) is 0. The molecule has 0 atom stereocenters. The van der Waals surface area contributed by atoms with E-state index in [1.807, 2.05) is 0 Å². The highest BCUT2D eigenvalue weighted by molar-refractivity contribution is 7.98. The van der Waals surface area contributed by atoms with Gasteiger partial charge in [-0.1, -0.05) is 41.5 Å². The Morgan fingerprint density at radius 1 is 0.471 bits per heavy atom. The topological polar surface area (TPSA) is 0 Å². The Balaban J connectivity index is 3.56. The maximum Gasteiger partial charge on any atom is 0.128 e. The second-order valence-corrected chi connectivity index (χ2v) is 11.5. The third-order valence-electron chi connectivity index (χ3n) is 7.67. The van der Waals surface area contributed by atoms with Crippen molar-refractivity contribution in [3.8, 4) is 0 Å². The summed E-state index contributed by atoms with van der Waals surface area (Å²) in [5.74, 6) is 0. The first-order valence-electron chi connectivity index (χ1n) is 6.82. The van der Waals surface area contributed by atoms with Gasteiger partial charge >= 0.3 is 0 Å². The second-order valence-electron chi connectivity index (χ2n) is 8.41. The van der Waals surface area contributed by atoms with Crippen LogP contribution < -0.4 is 0 Å². The van der Waals surface area contributed by atoms with Gasteiger partial charge in [0.15, 0.2) is 0 Å². The molecule has 0 aliphatic carbocycles. The molecule has 102 valence electrons. The average Bonchev–Trinajstić information content (AvgIpc) is 2.13. The van der Waals surface area contributed by atoms with E-state index in [1.165, 1.54) is 0 Å². The van der Waals surface area contributed by atoms with Gasteiger partial charge in [0.25, 0.3) is 0 Å². The number of rotatable bonds is 0. The lowest BCUT2D eigenvalue weighted by atomic mass is 9.48. The first-order chi connectivity index (χ1) is 7.15. The lowest BCUT2D eigenvalue weighted by Crippen LogP contribution is -2.72. The van der Waals surface area contributed by atoms with Crippen LogP contribution in [0.2, 0.25) is 0 Å². The van der Waals surface area contributed by atoms with Crippen LogP contribution in [0.25, 0.3) is 0 Å². The molecule has 0 saturated carbocycles. The fraction of sp³-hybridized carbons (Fsp3) is 1.00. The Labute approximate surface area is 112 Å². The zero-order valence-corrected chi connectivity index (χ0v) is 14.7. The molecule has 0 bridgehead atoms. The van der Waals surface area contributed by atoms with E-state index in [0.29, 0.717) is 36.6 Å². The van der Waals surface area contributed by atoms with Crippen LogP contribution in [0.15, 0.2) is 0 Å². The molecule has 1 aliphatic rings. The minimum atomic E-state index is 0.326. The van der Waals surface area contributed by atoms with Gasteiger partial charge in [0.2, 0.25) is 0 Å². The number of hydrogen-bond acceptors (Lipinski definition) is 0. The Morgan fingerprint density at radius 3 is 0.941 bits per heavy atom. The van der Waals surface area contributed by atoms with E-state index < -0.39 is 0 Å². The van der Waals surface area contributed by atoms with Crippen LogP contribution in [0.5, 0.6) is 0 Å². The largest absolute Gasteiger partial charge is 0.128 e. The van der Waals surface area contributed by atoms with E-state index in [-0.39, 0.29) is 0 Å². The van der Waals surface area contributed by atoms with E-state index in [1.54, 1.807) is 0 Å². The standard InChI is InChI=1S/C16H33S/c1-12(2)13(3,4)15(7,8)17(11)16(9,10)14(12,5)6/h1-11H3/q+1. The maximum atomic E-state index is 2.48. The van der Waals surface area contributed by atoms with Gasteiger partial charge in [-0.05, 0) is 44.0 Å². The molecule has 0 radical (unpaired) electrons. The predicted octanol–water partition coefficient (Wildman–Crippen LogP) is 4.88. The zero-order valence-electron chi connectivity index (χ0n) is 13.9. The lowest BCUT2D eigenvalue weighted by molar-refractivity contribution is -0.0713. The molecule has 17 heavy (non-hydrogen) atoms. The first kappa shape index (κ1) is 15.4. The zero-order chi connectivity index (χ0) is 14.1. The molecule has 1 saturated heterocycles. The minimum Gasteiger partial charge on any atom is -0.0585 e. The summed E-state index contributed by atoms with van der Waals surface area (Å²) in [7, 11) is 0.404. The van der Waals surface area contributed by atoms with Crippen molar-refractivity contribution >= 4 is 10.9 Å². The first-order valence-corrected chi connectivity index (χ1v) is 8.45. The van der Waals surface area contributed by atoms with E-state index in [2.05, 4.69) is 75.5 Å². The Morgan fingerprint density at radius 2 is 0.706 bits per heavy atom. The van der Waals surface area contributed by atoms with E-state index in [0.717, 1.165) is 0 Å². The second kappa shape index (κ2) is 3.46. The molecule has 1 aliphatic heterocycles. The Hall–Kier alpha value is 0.350. The summed E-state index contributed by atoms with van der Waals surface area (Å²) in [6.07, 6.45) is 2.48. The molecular weight excluding hydrogens is 224 g/mol. The smallest absolute Gasteiger partial charge is 0.0585 e. The van der Waals surface area contributed by atoms with Crippen molar-refractivity contribution in [3.05, 3.63) is 0 Å². The molecule has 0 spiro atoms. The molecule has 1 heterocycles. The third kappa shape index (κ3) is 1.44. The summed E-state index contributed by atoms with van der Waals surface area (Å²) >= 11 is 0. The van der Waals surface area contributed by atoms with Crippen LogP contribution in [0.3, 0.4) is 0 Å². The van der Waals surface area contributed by atoms with Crippen molar-refractivity contribution < 1.29 is 0 Å². The molecule has 1 heteroatoms. The van der Waals surface area contributed by atoms with E-state index >= 15 is 0 Å². The van der Waals surface area contributed by atoms with Crippen LogP contribution >= 0.6 is 0 Å². The third-order valence-corrected chi connectivity index (χ3v) is 11.7. The van der Waals surface area contributed by atoms with Crippen LogP contribution in [0.4, 0.5) is 0 Å². The van der Waals surface area contributed by atoms with Crippen molar-refractivity contribution in [2.24, 2.45) is 16.2 Å². The van der Waals surface area contributed by atoms with E-state index in [4.69, 9.17) is 0 Å². The van der Waals surface area contributed by atoms with Crippen molar-refractivity contribution in [3.63, 3.8) is 0 Å². The van der Waals surface area contributed by atoms with Crippen molar-refractivity contribution in [1.29, 1.82) is 0 Å². The molecule has 0 amide bonds. The number of hydrogen-bond donors (Lipinski definition) is 0. The van der Waals surface area contributed by atoms with Gasteiger partial charge in [-0.15, -0.1) is 0 Å². The highest BCUT2D eigenvalue weighted by Crippen LogP contribution is 2.68. The van der Waals surface area contributed by atoms with Crippen LogP contribution in [-0.4, -0.2) is 15.7 Å². The van der Waals surface area contributed by atoms with Gasteiger partial charge in [-0.25, -0.2) is 0 Å². The van der Waals surface area contributed by atoms with Crippen LogP contribution in [0.1, 0.15) is 69.2 Å². The molecule has 0 aromatic rings. The minimum absolute atomic E-state index is 0.326. The maximum absolute atomic E-state index is 2.48. The highest BCUT2D eigenvalue weighted by Gasteiger charge is 2.73. The summed E-state index contributed by atoms with van der Waals surface area (Å²) in [5.41, 5.74) is 1.01. The normalized spacial score (nSPS) is 33.4. The van der Waals surface area contributed by atoms with Crippen LogP contribution in [0, 0.1) is 16.2 Å². The van der Waals surface area contributed by atoms with Gasteiger partial charge in [0.1, 0.15) is 9.49 Å². The van der Waals surface area contributed by atoms with Crippen molar-refractivity contribution in [1.82, 2.24) is 0 Å². The van der Waals surface area contributed by atoms with Gasteiger partial charge in [0, 0.05) is 10.8 Å². The molecule has 0 N–H and O–H groups in total. The summed E-state index contributed by atoms with van der Waals surface area (Å²) < 4.78 is 0.769. The van der Waals surface area contributed by atoms with Gasteiger partial charge in [0.05, 0.1) is 6.26 Å². The molecule has 1 fully saturated rings. The Bertz CT molecular complexity index is 288. The highest BCUT2D eigenvalue weighted by atomic mass is 32.2.